The van der Waals surface area contributed by atoms with Gasteiger partial charge in [0.15, 0.2) is 0 Å². The zero-order valence-corrected chi connectivity index (χ0v) is 14.7. The van der Waals surface area contributed by atoms with Crippen molar-refractivity contribution in [3.05, 3.63) is 69.5 Å². The topological polar surface area (TPSA) is 113 Å². The van der Waals surface area contributed by atoms with Crippen LogP contribution >= 0.6 is 11.8 Å². The number of esters is 1. The second-order valence-electron chi connectivity index (χ2n) is 5.33. The first kappa shape index (κ1) is 18.5. The van der Waals surface area contributed by atoms with Gasteiger partial charge in [0.1, 0.15) is 12.4 Å². The normalized spacial score (nSPS) is 10.6. The van der Waals surface area contributed by atoms with Gasteiger partial charge in [-0.2, -0.15) is 0 Å². The van der Waals surface area contributed by atoms with Crippen molar-refractivity contribution in [3.63, 3.8) is 0 Å². The van der Waals surface area contributed by atoms with E-state index in [1.807, 2.05) is 0 Å². The number of benzene rings is 2. The zero-order valence-electron chi connectivity index (χ0n) is 13.9. The maximum atomic E-state index is 13.2. The van der Waals surface area contributed by atoms with Gasteiger partial charge in [-0.15, -0.1) is 5.10 Å². The first-order valence-corrected chi connectivity index (χ1v) is 8.36. The van der Waals surface area contributed by atoms with Crippen LogP contribution in [0.1, 0.15) is 15.9 Å². The molecule has 0 amide bonds. The highest BCUT2D eigenvalue weighted by Crippen LogP contribution is 2.31. The van der Waals surface area contributed by atoms with Crippen molar-refractivity contribution in [2.75, 3.05) is 0 Å². The van der Waals surface area contributed by atoms with Gasteiger partial charge in [-0.05, 0) is 46.0 Å². The molecular weight excluding hydrogens is 377 g/mol. The predicted octanol–water partition coefficient (Wildman–Crippen LogP) is 2.77. The number of hydrogen-bond acceptors (Lipinski definition) is 8. The number of carbonyl (C=O) groups is 1. The molecule has 2 aromatic carbocycles. The summed E-state index contributed by atoms with van der Waals surface area (Å²) in [5, 5.41) is 22.4. The van der Waals surface area contributed by atoms with Crippen molar-refractivity contribution in [2.24, 2.45) is 7.05 Å². The summed E-state index contributed by atoms with van der Waals surface area (Å²) in [4.78, 5) is 23.3. The van der Waals surface area contributed by atoms with E-state index in [4.69, 9.17) is 4.74 Å². The quantitative estimate of drug-likeness (QED) is 0.359. The van der Waals surface area contributed by atoms with Crippen LogP contribution in [0.2, 0.25) is 0 Å². The van der Waals surface area contributed by atoms with Crippen LogP contribution in [0, 0.1) is 15.9 Å². The van der Waals surface area contributed by atoms with Gasteiger partial charge in [-0.25, -0.2) is 13.9 Å². The largest absolute Gasteiger partial charge is 0.457 e. The molecule has 0 aliphatic heterocycles. The average Bonchev–Trinajstić information content (AvgIpc) is 3.04. The lowest BCUT2D eigenvalue weighted by molar-refractivity contribution is -0.384. The summed E-state index contributed by atoms with van der Waals surface area (Å²) < 4.78 is 19.8. The maximum Gasteiger partial charge on any atom is 0.339 e. The summed E-state index contributed by atoms with van der Waals surface area (Å²) in [6, 6.07) is 9.43. The van der Waals surface area contributed by atoms with Crippen LogP contribution in [0.15, 0.2) is 52.5 Å². The third kappa shape index (κ3) is 4.44. The van der Waals surface area contributed by atoms with Crippen molar-refractivity contribution < 1.29 is 18.8 Å². The molecule has 0 saturated carbocycles. The van der Waals surface area contributed by atoms with Gasteiger partial charge >= 0.3 is 5.97 Å². The lowest BCUT2D eigenvalue weighted by Gasteiger charge is -2.09. The molecule has 0 spiro atoms. The number of nitro groups is 1. The van der Waals surface area contributed by atoms with E-state index < -0.39 is 16.7 Å². The minimum atomic E-state index is -0.777. The van der Waals surface area contributed by atoms with Gasteiger partial charge in [0, 0.05) is 24.1 Å². The van der Waals surface area contributed by atoms with Gasteiger partial charge in [0.05, 0.1) is 10.5 Å². The van der Waals surface area contributed by atoms with Gasteiger partial charge in [-0.1, -0.05) is 12.1 Å². The molecule has 0 N–H and O–H groups in total. The number of tetrazole rings is 1. The van der Waals surface area contributed by atoms with Crippen LogP contribution in [0.25, 0.3) is 0 Å². The minimum absolute atomic E-state index is 0.00592. The summed E-state index contributed by atoms with van der Waals surface area (Å²) >= 11 is 1.06. The summed E-state index contributed by atoms with van der Waals surface area (Å²) in [6.45, 7) is -0.172. The van der Waals surface area contributed by atoms with Crippen molar-refractivity contribution in [1.29, 1.82) is 0 Å². The Morgan fingerprint density at radius 3 is 2.81 bits per heavy atom. The lowest BCUT2D eigenvalue weighted by atomic mass is 10.2. The number of non-ortho nitro benzene ring substituents is 1. The fourth-order valence-corrected chi connectivity index (χ4v) is 2.97. The molecule has 0 aliphatic rings. The molecule has 138 valence electrons. The third-order valence-electron chi connectivity index (χ3n) is 3.44. The molecule has 11 heteroatoms. The average molecular weight is 389 g/mol. The second kappa shape index (κ2) is 7.91. The van der Waals surface area contributed by atoms with Crippen molar-refractivity contribution in [3.8, 4) is 0 Å². The molecule has 0 atom stereocenters. The second-order valence-corrected chi connectivity index (χ2v) is 6.34. The molecule has 9 nitrogen and oxygen atoms in total. The third-order valence-corrected chi connectivity index (χ3v) is 4.54. The lowest BCUT2D eigenvalue weighted by Crippen LogP contribution is -2.08. The first-order chi connectivity index (χ1) is 12.9. The zero-order chi connectivity index (χ0) is 19.4. The molecule has 0 radical (unpaired) electrons. The fourth-order valence-electron chi connectivity index (χ4n) is 2.14. The van der Waals surface area contributed by atoms with Crippen LogP contribution in [-0.4, -0.2) is 31.1 Å². The Labute approximate surface area is 156 Å². The standard InChI is InChI=1S/C16H12FN5O4S/c1-21-16(18-19-20-21)27-14-6-5-12(22(24)25)8-13(14)15(23)26-9-10-3-2-4-11(17)7-10/h2-8H,9H2,1H3. The van der Waals surface area contributed by atoms with E-state index in [-0.39, 0.29) is 17.9 Å². The number of nitrogens with zero attached hydrogens (tertiary/aromatic N) is 5. The summed E-state index contributed by atoms with van der Waals surface area (Å²) in [5.74, 6) is -1.23. The Morgan fingerprint density at radius 2 is 2.15 bits per heavy atom. The van der Waals surface area contributed by atoms with Crippen LogP contribution in [-0.2, 0) is 18.4 Å². The maximum absolute atomic E-state index is 13.2. The van der Waals surface area contributed by atoms with Crippen molar-refractivity contribution >= 4 is 23.4 Å². The smallest absolute Gasteiger partial charge is 0.339 e. The van der Waals surface area contributed by atoms with Gasteiger partial charge in [0.25, 0.3) is 5.69 Å². The molecule has 3 aromatic rings. The number of halogens is 1. The summed E-state index contributed by atoms with van der Waals surface area (Å²) in [6.07, 6.45) is 0. The Morgan fingerprint density at radius 1 is 1.33 bits per heavy atom. The summed E-state index contributed by atoms with van der Waals surface area (Å²) in [7, 11) is 1.62. The van der Waals surface area contributed by atoms with Gasteiger partial charge < -0.3 is 4.74 Å². The van der Waals surface area contributed by atoms with Crippen molar-refractivity contribution in [2.45, 2.75) is 16.7 Å². The Bertz CT molecular complexity index is 1010. The minimum Gasteiger partial charge on any atom is -0.457 e. The monoisotopic (exact) mass is 389 g/mol. The van der Waals surface area contributed by atoms with E-state index in [0.29, 0.717) is 15.6 Å². The van der Waals surface area contributed by atoms with E-state index >= 15 is 0 Å². The number of nitro benzene ring substituents is 1. The van der Waals surface area contributed by atoms with E-state index in [1.54, 1.807) is 13.1 Å². The van der Waals surface area contributed by atoms with Gasteiger partial charge in [-0.3, -0.25) is 10.1 Å². The molecule has 0 aliphatic carbocycles. The molecule has 1 heterocycles. The highest BCUT2D eigenvalue weighted by molar-refractivity contribution is 7.99. The van der Waals surface area contributed by atoms with Crippen LogP contribution in [0.4, 0.5) is 10.1 Å². The Hall–Kier alpha value is -3.34. The number of aromatic nitrogens is 4. The van der Waals surface area contributed by atoms with Crippen molar-refractivity contribution in [1.82, 2.24) is 20.2 Å². The fraction of sp³-hybridized carbons (Fsp3) is 0.125. The highest BCUT2D eigenvalue weighted by atomic mass is 32.2. The molecule has 3 rings (SSSR count). The number of carbonyl (C=O) groups excluding carboxylic acids is 1. The predicted molar refractivity (Wildman–Crippen MR) is 91.5 cm³/mol. The van der Waals surface area contributed by atoms with Crippen LogP contribution in [0.3, 0.4) is 0 Å². The van der Waals surface area contributed by atoms with Gasteiger partial charge in [0.2, 0.25) is 5.16 Å². The SMILES string of the molecule is Cn1nnnc1Sc1ccc([N+](=O)[O-])cc1C(=O)OCc1cccc(F)c1. The van der Waals surface area contributed by atoms with E-state index in [0.717, 1.165) is 17.8 Å². The van der Waals surface area contributed by atoms with E-state index in [1.165, 1.54) is 35.0 Å². The van der Waals surface area contributed by atoms with Crippen LogP contribution < -0.4 is 0 Å². The molecule has 0 unspecified atom stereocenters. The number of ether oxygens (including phenoxy) is 1. The molecule has 0 saturated heterocycles. The highest BCUT2D eigenvalue weighted by Gasteiger charge is 2.20. The number of rotatable bonds is 6. The number of hydrogen-bond donors (Lipinski definition) is 0. The molecular formula is C16H12FN5O4S. The Kier molecular flexibility index (Phi) is 5.41. The van der Waals surface area contributed by atoms with Crippen LogP contribution in [0.5, 0.6) is 0 Å². The first-order valence-electron chi connectivity index (χ1n) is 7.54. The molecule has 0 bridgehead atoms. The molecule has 0 fully saturated rings. The molecule has 1 aromatic heterocycles. The summed E-state index contributed by atoms with van der Waals surface area (Å²) in [5.41, 5.74) is 0.197. The number of aryl methyl sites for hydroxylation is 1. The molecule has 27 heavy (non-hydrogen) atoms. The van der Waals surface area contributed by atoms with E-state index in [9.17, 15) is 19.3 Å². The van der Waals surface area contributed by atoms with E-state index in [2.05, 4.69) is 15.5 Å². The Balaban J connectivity index is 1.86.